The average Bonchev–Trinajstić information content (AvgIpc) is 3.19. The lowest BCUT2D eigenvalue weighted by Crippen LogP contribution is -2.09. The summed E-state index contributed by atoms with van der Waals surface area (Å²) in [7, 11) is 0. The molecule has 120 valence electrons. The lowest BCUT2D eigenvalue weighted by molar-refractivity contribution is 0.584. The molecule has 0 fully saturated rings. The first-order valence-corrected chi connectivity index (χ1v) is 7.69. The quantitative estimate of drug-likeness (QED) is 0.542. The maximum Gasteiger partial charge on any atom is 0.213 e. The molecule has 0 saturated carbocycles. The summed E-state index contributed by atoms with van der Waals surface area (Å²) in [5.41, 5.74) is 2.41. The normalized spacial score (nSPS) is 11.2. The third-order valence-corrected chi connectivity index (χ3v) is 3.92. The molecule has 0 amide bonds. The molecule has 24 heavy (non-hydrogen) atoms. The standard InChI is InChI=1S/C17H15FN6/c1-2-24-14-10-19-7-6-12(14)22-16(24)11-23-9-8-20-17(23)13-4-3-5-15(18)21-13/h3-10H,2,11H2,1H3. The number of pyridine rings is 2. The van der Waals surface area contributed by atoms with Crippen molar-refractivity contribution < 1.29 is 4.39 Å². The molecule has 4 aromatic heterocycles. The molecule has 0 aliphatic rings. The van der Waals surface area contributed by atoms with E-state index in [9.17, 15) is 4.39 Å². The Hall–Kier alpha value is -3.09. The van der Waals surface area contributed by atoms with Crippen molar-refractivity contribution in [2.45, 2.75) is 20.0 Å². The fourth-order valence-electron chi connectivity index (χ4n) is 2.85. The van der Waals surface area contributed by atoms with Crippen molar-refractivity contribution in [1.29, 1.82) is 0 Å². The van der Waals surface area contributed by atoms with Crippen LogP contribution in [0.25, 0.3) is 22.6 Å². The minimum absolute atomic E-state index is 0.501. The van der Waals surface area contributed by atoms with Crippen LogP contribution in [0.1, 0.15) is 12.7 Å². The summed E-state index contributed by atoms with van der Waals surface area (Å²) in [5.74, 6) is 0.993. The molecule has 0 saturated heterocycles. The topological polar surface area (TPSA) is 61.4 Å². The van der Waals surface area contributed by atoms with Gasteiger partial charge >= 0.3 is 0 Å². The smallest absolute Gasteiger partial charge is 0.213 e. The van der Waals surface area contributed by atoms with E-state index in [1.807, 2.05) is 23.0 Å². The van der Waals surface area contributed by atoms with E-state index in [-0.39, 0.29) is 0 Å². The number of rotatable bonds is 4. The molecule has 4 heterocycles. The molecule has 4 rings (SSSR count). The summed E-state index contributed by atoms with van der Waals surface area (Å²) >= 11 is 0. The van der Waals surface area contributed by atoms with Crippen LogP contribution in [-0.2, 0) is 13.1 Å². The van der Waals surface area contributed by atoms with Crippen molar-refractivity contribution in [2.75, 3.05) is 0 Å². The third-order valence-electron chi connectivity index (χ3n) is 3.92. The number of aromatic nitrogens is 6. The molecule has 0 aliphatic heterocycles. The van der Waals surface area contributed by atoms with Crippen molar-refractivity contribution in [2.24, 2.45) is 0 Å². The fraction of sp³-hybridized carbons (Fsp3) is 0.176. The van der Waals surface area contributed by atoms with E-state index >= 15 is 0 Å². The Bertz CT molecular complexity index is 1000. The average molecular weight is 322 g/mol. The SMILES string of the molecule is CCn1c(Cn2ccnc2-c2cccc(F)n2)nc2ccncc21. The third kappa shape index (κ3) is 2.44. The van der Waals surface area contributed by atoms with Crippen molar-refractivity contribution in [3.05, 3.63) is 60.8 Å². The van der Waals surface area contributed by atoms with Gasteiger partial charge in [-0.05, 0) is 25.1 Å². The zero-order valence-corrected chi connectivity index (χ0v) is 13.1. The zero-order chi connectivity index (χ0) is 16.5. The number of nitrogens with zero attached hydrogens (tertiary/aromatic N) is 6. The van der Waals surface area contributed by atoms with Gasteiger partial charge in [0.25, 0.3) is 0 Å². The number of fused-ring (bicyclic) bond motifs is 1. The van der Waals surface area contributed by atoms with E-state index in [1.165, 1.54) is 6.07 Å². The maximum absolute atomic E-state index is 13.4. The van der Waals surface area contributed by atoms with Gasteiger partial charge in [-0.3, -0.25) is 4.98 Å². The molecular weight excluding hydrogens is 307 g/mol. The van der Waals surface area contributed by atoms with Crippen LogP contribution in [-0.4, -0.2) is 29.1 Å². The van der Waals surface area contributed by atoms with Gasteiger partial charge in [-0.25, -0.2) is 15.0 Å². The molecule has 0 aliphatic carbocycles. The van der Waals surface area contributed by atoms with Crippen LogP contribution >= 0.6 is 0 Å². The van der Waals surface area contributed by atoms with Crippen LogP contribution < -0.4 is 0 Å². The summed E-state index contributed by atoms with van der Waals surface area (Å²) in [6.45, 7) is 3.39. The van der Waals surface area contributed by atoms with Gasteiger partial charge in [0, 0.05) is 25.1 Å². The van der Waals surface area contributed by atoms with E-state index in [0.717, 1.165) is 23.4 Å². The molecule has 0 unspecified atom stereocenters. The second-order valence-corrected chi connectivity index (χ2v) is 5.36. The molecular formula is C17H15FN6. The Kier molecular flexibility index (Phi) is 3.53. The highest BCUT2D eigenvalue weighted by atomic mass is 19.1. The van der Waals surface area contributed by atoms with Gasteiger partial charge in [0.1, 0.15) is 11.5 Å². The first-order chi connectivity index (χ1) is 11.8. The highest BCUT2D eigenvalue weighted by Crippen LogP contribution is 2.19. The molecule has 0 radical (unpaired) electrons. The molecule has 0 bridgehead atoms. The number of hydrogen-bond donors (Lipinski definition) is 0. The number of hydrogen-bond acceptors (Lipinski definition) is 4. The fourth-order valence-corrected chi connectivity index (χ4v) is 2.85. The summed E-state index contributed by atoms with van der Waals surface area (Å²) in [6.07, 6.45) is 7.08. The highest BCUT2D eigenvalue weighted by molar-refractivity contribution is 5.74. The van der Waals surface area contributed by atoms with Crippen molar-refractivity contribution >= 4 is 11.0 Å². The monoisotopic (exact) mass is 322 g/mol. The van der Waals surface area contributed by atoms with E-state index in [1.54, 1.807) is 24.5 Å². The molecule has 7 heteroatoms. The second-order valence-electron chi connectivity index (χ2n) is 5.36. The number of imidazole rings is 2. The van der Waals surface area contributed by atoms with Crippen molar-refractivity contribution in [1.82, 2.24) is 29.1 Å². The summed E-state index contributed by atoms with van der Waals surface area (Å²) in [6, 6.07) is 6.59. The first-order valence-electron chi connectivity index (χ1n) is 7.69. The van der Waals surface area contributed by atoms with Crippen LogP contribution in [0.2, 0.25) is 0 Å². The summed E-state index contributed by atoms with van der Waals surface area (Å²) in [4.78, 5) is 17.1. The number of aryl methyl sites for hydroxylation is 1. The highest BCUT2D eigenvalue weighted by Gasteiger charge is 2.13. The minimum atomic E-state index is -0.520. The van der Waals surface area contributed by atoms with Gasteiger partial charge in [-0.15, -0.1) is 0 Å². The lowest BCUT2D eigenvalue weighted by atomic mass is 10.3. The Morgan fingerprint density at radius 2 is 2.04 bits per heavy atom. The van der Waals surface area contributed by atoms with E-state index in [0.29, 0.717) is 18.1 Å². The summed E-state index contributed by atoms with van der Waals surface area (Å²) < 4.78 is 17.4. The lowest BCUT2D eigenvalue weighted by Gasteiger charge is -2.09. The van der Waals surface area contributed by atoms with Crippen molar-refractivity contribution in [3.63, 3.8) is 0 Å². The van der Waals surface area contributed by atoms with Crippen LogP contribution in [0.15, 0.2) is 49.1 Å². The predicted octanol–water partition coefficient (Wildman–Crippen LogP) is 2.90. The Morgan fingerprint density at radius 1 is 1.12 bits per heavy atom. The van der Waals surface area contributed by atoms with Crippen LogP contribution in [0.5, 0.6) is 0 Å². The Balaban J connectivity index is 1.76. The molecule has 6 nitrogen and oxygen atoms in total. The van der Waals surface area contributed by atoms with E-state index < -0.39 is 5.95 Å². The van der Waals surface area contributed by atoms with Gasteiger partial charge in [0.15, 0.2) is 5.82 Å². The Morgan fingerprint density at radius 3 is 2.88 bits per heavy atom. The van der Waals surface area contributed by atoms with Gasteiger partial charge in [-0.1, -0.05) is 6.07 Å². The minimum Gasteiger partial charge on any atom is -0.325 e. The van der Waals surface area contributed by atoms with Crippen molar-refractivity contribution in [3.8, 4) is 11.5 Å². The van der Waals surface area contributed by atoms with Gasteiger partial charge < -0.3 is 9.13 Å². The second kappa shape index (κ2) is 5.84. The van der Waals surface area contributed by atoms with Gasteiger partial charge in [-0.2, -0.15) is 4.39 Å². The zero-order valence-electron chi connectivity index (χ0n) is 13.1. The molecule has 0 N–H and O–H groups in total. The first kappa shape index (κ1) is 14.5. The van der Waals surface area contributed by atoms with Crippen LogP contribution in [0, 0.1) is 5.95 Å². The van der Waals surface area contributed by atoms with Gasteiger partial charge in [0.2, 0.25) is 5.95 Å². The largest absolute Gasteiger partial charge is 0.325 e. The molecule has 0 aromatic carbocycles. The van der Waals surface area contributed by atoms with E-state index in [4.69, 9.17) is 4.98 Å². The van der Waals surface area contributed by atoms with Crippen LogP contribution in [0.3, 0.4) is 0 Å². The van der Waals surface area contributed by atoms with Gasteiger partial charge in [0.05, 0.1) is 23.8 Å². The Labute approximate surface area is 137 Å². The number of halogens is 1. The maximum atomic E-state index is 13.4. The molecule has 0 atom stereocenters. The summed E-state index contributed by atoms with van der Waals surface area (Å²) in [5, 5.41) is 0. The molecule has 4 aromatic rings. The molecule has 0 spiro atoms. The van der Waals surface area contributed by atoms with E-state index in [2.05, 4.69) is 26.4 Å². The predicted molar refractivity (Wildman–Crippen MR) is 87.7 cm³/mol. The van der Waals surface area contributed by atoms with Crippen LogP contribution in [0.4, 0.5) is 4.39 Å².